The van der Waals surface area contributed by atoms with Crippen LogP contribution in [0, 0.1) is 0 Å². The number of ether oxygens (including phenoxy) is 5. The summed E-state index contributed by atoms with van der Waals surface area (Å²) in [6, 6.07) is 8.20. The maximum absolute atomic E-state index is 9.54. The monoisotopic (exact) mass is 432 g/mol. The Labute approximate surface area is 184 Å². The van der Waals surface area contributed by atoms with Crippen molar-refractivity contribution in [2.45, 2.75) is 18.9 Å². The summed E-state index contributed by atoms with van der Waals surface area (Å²) in [5, 5.41) is 9.54. The van der Waals surface area contributed by atoms with Crippen molar-refractivity contribution in [1.29, 1.82) is 0 Å². The highest BCUT2D eigenvalue weighted by Crippen LogP contribution is 2.48. The van der Waals surface area contributed by atoms with E-state index in [4.69, 9.17) is 23.7 Å². The van der Waals surface area contributed by atoms with Crippen LogP contribution in [0.3, 0.4) is 0 Å². The normalized spacial score (nSPS) is 20.0. The summed E-state index contributed by atoms with van der Waals surface area (Å²) >= 11 is 0. The summed E-state index contributed by atoms with van der Waals surface area (Å²) in [6.07, 6.45) is 1.64. The van der Waals surface area contributed by atoms with Crippen LogP contribution in [0.4, 0.5) is 0 Å². The number of likely N-dealkylation sites (N-methyl/N-ethyl adjacent to an activating group) is 1. The van der Waals surface area contributed by atoms with Crippen LogP contribution >= 0.6 is 0 Å². The SMILES string of the molecule is COc1cc2c(cc1OC)[C@H](c1cc(OC)c(OC)c(OC)c1)[N+](C)(CCCO)CC2. The molecule has 0 aliphatic carbocycles. The van der Waals surface area contributed by atoms with E-state index in [9.17, 15) is 5.11 Å². The number of rotatable bonds is 9. The molecule has 3 rings (SSSR count). The first-order chi connectivity index (χ1) is 15.0. The summed E-state index contributed by atoms with van der Waals surface area (Å²) in [4.78, 5) is 0. The minimum atomic E-state index is 0.00353. The molecule has 2 aromatic carbocycles. The predicted octanol–water partition coefficient (Wildman–Crippen LogP) is 3.20. The Morgan fingerprint density at radius 1 is 0.839 bits per heavy atom. The van der Waals surface area contributed by atoms with Crippen LogP contribution in [0.1, 0.15) is 29.2 Å². The summed E-state index contributed by atoms with van der Waals surface area (Å²) in [6.45, 7) is 1.93. The fraction of sp³-hybridized carbons (Fsp3) is 0.500. The maximum Gasteiger partial charge on any atom is 0.203 e. The Bertz CT molecular complexity index is 890. The Morgan fingerprint density at radius 2 is 1.42 bits per heavy atom. The summed E-state index contributed by atoms with van der Waals surface area (Å²) in [5.41, 5.74) is 3.47. The van der Waals surface area contributed by atoms with Crippen molar-refractivity contribution in [2.24, 2.45) is 0 Å². The van der Waals surface area contributed by atoms with E-state index < -0.39 is 0 Å². The average Bonchev–Trinajstić information content (AvgIpc) is 2.80. The molecule has 31 heavy (non-hydrogen) atoms. The lowest BCUT2D eigenvalue weighted by atomic mass is 9.85. The van der Waals surface area contributed by atoms with Crippen molar-refractivity contribution in [1.82, 2.24) is 0 Å². The number of benzene rings is 2. The first kappa shape index (κ1) is 23.0. The van der Waals surface area contributed by atoms with E-state index in [0.29, 0.717) is 23.0 Å². The standard InChI is InChI=1S/C24H34NO6/c1-25(9-7-11-26)10-8-16-12-19(27-2)20(28-3)15-18(16)23(25)17-13-21(29-4)24(31-6)22(14-17)30-5/h12-15,23,26H,7-11H2,1-6H3/q+1/t23-,25?/m0/s1. The molecular weight excluding hydrogens is 398 g/mol. The second-order valence-corrected chi connectivity index (χ2v) is 8.02. The molecule has 0 saturated carbocycles. The number of quaternary nitrogens is 1. The van der Waals surface area contributed by atoms with E-state index in [1.54, 1.807) is 35.5 Å². The first-order valence-corrected chi connectivity index (χ1v) is 10.5. The second-order valence-electron chi connectivity index (χ2n) is 8.02. The van der Waals surface area contributed by atoms with Gasteiger partial charge < -0.3 is 33.3 Å². The van der Waals surface area contributed by atoms with Gasteiger partial charge in [-0.05, 0) is 29.8 Å². The lowest BCUT2D eigenvalue weighted by Gasteiger charge is -2.46. The molecule has 0 radical (unpaired) electrons. The molecule has 0 amide bonds. The second kappa shape index (κ2) is 9.66. The van der Waals surface area contributed by atoms with Crippen molar-refractivity contribution in [2.75, 3.05) is 62.3 Å². The maximum atomic E-state index is 9.54. The van der Waals surface area contributed by atoms with Gasteiger partial charge >= 0.3 is 0 Å². The molecule has 2 atom stereocenters. The zero-order valence-electron chi connectivity index (χ0n) is 19.4. The van der Waals surface area contributed by atoms with Crippen LogP contribution in [-0.4, -0.2) is 71.9 Å². The van der Waals surface area contributed by atoms with Gasteiger partial charge in [-0.25, -0.2) is 0 Å². The minimum Gasteiger partial charge on any atom is -0.493 e. The molecule has 1 aliphatic heterocycles. The molecule has 7 nitrogen and oxygen atoms in total. The molecule has 0 bridgehead atoms. The Kier molecular flexibility index (Phi) is 7.18. The summed E-state index contributed by atoms with van der Waals surface area (Å²) < 4.78 is 28.7. The fourth-order valence-corrected chi connectivity index (χ4v) is 4.72. The highest BCUT2D eigenvalue weighted by molar-refractivity contribution is 5.57. The van der Waals surface area contributed by atoms with Gasteiger partial charge in [0.25, 0.3) is 0 Å². The Balaban J connectivity index is 2.25. The van der Waals surface area contributed by atoms with Crippen molar-refractivity contribution < 1.29 is 33.3 Å². The quantitative estimate of drug-likeness (QED) is 0.614. The zero-order valence-corrected chi connectivity index (χ0v) is 19.4. The molecule has 1 N–H and O–H groups in total. The summed E-state index contributed by atoms with van der Waals surface area (Å²) in [5.74, 6) is 3.25. The minimum absolute atomic E-state index is 0.00353. The van der Waals surface area contributed by atoms with Crippen molar-refractivity contribution in [3.63, 3.8) is 0 Å². The highest BCUT2D eigenvalue weighted by atomic mass is 16.5. The number of nitrogens with zero attached hydrogens (tertiary/aromatic N) is 1. The van der Waals surface area contributed by atoms with Gasteiger partial charge in [-0.1, -0.05) is 0 Å². The van der Waals surface area contributed by atoms with E-state index in [2.05, 4.69) is 19.2 Å². The number of fused-ring (bicyclic) bond motifs is 1. The lowest BCUT2D eigenvalue weighted by molar-refractivity contribution is -0.935. The third kappa shape index (κ3) is 4.25. The first-order valence-electron chi connectivity index (χ1n) is 10.5. The number of hydrogen-bond donors (Lipinski definition) is 1. The van der Waals surface area contributed by atoms with Crippen molar-refractivity contribution in [3.05, 3.63) is 41.0 Å². The van der Waals surface area contributed by atoms with Gasteiger partial charge in [0.1, 0.15) is 6.04 Å². The number of aliphatic hydroxyl groups excluding tert-OH is 1. The van der Waals surface area contributed by atoms with Crippen LogP contribution in [0.25, 0.3) is 0 Å². The average molecular weight is 433 g/mol. The summed E-state index contributed by atoms with van der Waals surface area (Å²) in [7, 11) is 10.4. The molecule has 7 heteroatoms. The van der Waals surface area contributed by atoms with Gasteiger partial charge in [-0.2, -0.15) is 0 Å². The molecule has 170 valence electrons. The zero-order chi connectivity index (χ0) is 22.6. The number of hydrogen-bond acceptors (Lipinski definition) is 6. The van der Waals surface area contributed by atoms with Crippen molar-refractivity contribution >= 4 is 0 Å². The van der Waals surface area contributed by atoms with E-state index in [1.807, 2.05) is 12.1 Å². The third-order valence-corrected chi connectivity index (χ3v) is 6.29. The van der Waals surface area contributed by atoms with E-state index in [-0.39, 0.29) is 12.6 Å². The molecule has 0 spiro atoms. The largest absolute Gasteiger partial charge is 0.493 e. The Morgan fingerprint density at radius 3 is 1.94 bits per heavy atom. The molecule has 1 unspecified atom stereocenters. The topological polar surface area (TPSA) is 66.4 Å². The van der Waals surface area contributed by atoms with Gasteiger partial charge in [0.05, 0.1) is 55.7 Å². The van der Waals surface area contributed by atoms with Crippen LogP contribution in [0.15, 0.2) is 24.3 Å². The molecule has 0 aromatic heterocycles. The molecule has 1 aliphatic rings. The van der Waals surface area contributed by atoms with Gasteiger partial charge in [-0.15, -0.1) is 0 Å². The highest BCUT2D eigenvalue weighted by Gasteiger charge is 2.41. The van der Waals surface area contributed by atoms with Crippen LogP contribution < -0.4 is 23.7 Å². The molecule has 2 aromatic rings. The van der Waals surface area contributed by atoms with Crippen LogP contribution in [0.2, 0.25) is 0 Å². The molecule has 1 heterocycles. The van der Waals surface area contributed by atoms with Gasteiger partial charge in [0.2, 0.25) is 5.75 Å². The fourth-order valence-electron chi connectivity index (χ4n) is 4.72. The van der Waals surface area contributed by atoms with Crippen molar-refractivity contribution in [3.8, 4) is 28.7 Å². The number of methoxy groups -OCH3 is 5. The molecule has 0 saturated heterocycles. The van der Waals surface area contributed by atoms with Gasteiger partial charge in [0, 0.05) is 30.6 Å². The van der Waals surface area contributed by atoms with Crippen LogP contribution in [-0.2, 0) is 6.42 Å². The van der Waals surface area contributed by atoms with Crippen LogP contribution in [0.5, 0.6) is 28.7 Å². The number of aliphatic hydroxyl groups is 1. The lowest BCUT2D eigenvalue weighted by Crippen LogP contribution is -2.52. The third-order valence-electron chi connectivity index (χ3n) is 6.29. The van der Waals surface area contributed by atoms with Gasteiger partial charge in [-0.3, -0.25) is 0 Å². The van der Waals surface area contributed by atoms with E-state index >= 15 is 0 Å². The smallest absolute Gasteiger partial charge is 0.203 e. The van der Waals surface area contributed by atoms with E-state index in [1.165, 1.54) is 11.1 Å². The Hall–Kier alpha value is -2.64. The predicted molar refractivity (Wildman–Crippen MR) is 119 cm³/mol. The molecule has 0 fully saturated rings. The molecular formula is C24H34NO6+. The van der Waals surface area contributed by atoms with E-state index in [0.717, 1.165) is 41.7 Å². The van der Waals surface area contributed by atoms with Gasteiger partial charge in [0.15, 0.2) is 23.0 Å².